The van der Waals surface area contributed by atoms with Crippen LogP contribution in [0, 0.1) is 0 Å². The summed E-state index contributed by atoms with van der Waals surface area (Å²) in [7, 11) is 0. The lowest BCUT2D eigenvalue weighted by atomic mass is 10.0. The lowest BCUT2D eigenvalue weighted by Gasteiger charge is -2.13. The predicted molar refractivity (Wildman–Crippen MR) is 71.9 cm³/mol. The standard InChI is InChI=1S/C15H12F6N2O/c16-14(17,18)9-4-8(5-10(6-9)15(19,20)21)12-7-13(24-23-12)11-2-1-3-22-11/h4-7,11,22H,1-3H2. The molecule has 1 aromatic heterocycles. The third kappa shape index (κ3) is 3.40. The van der Waals surface area contributed by atoms with Crippen LogP contribution in [0.25, 0.3) is 11.3 Å². The second kappa shape index (κ2) is 5.80. The van der Waals surface area contributed by atoms with Crippen molar-refractivity contribution in [2.45, 2.75) is 31.2 Å². The molecule has 0 saturated carbocycles. The van der Waals surface area contributed by atoms with Crippen LogP contribution in [0.15, 0.2) is 28.8 Å². The minimum absolute atomic E-state index is 0.0599. The zero-order valence-corrected chi connectivity index (χ0v) is 12.1. The van der Waals surface area contributed by atoms with E-state index in [0.29, 0.717) is 17.9 Å². The highest BCUT2D eigenvalue weighted by Gasteiger charge is 2.37. The highest BCUT2D eigenvalue weighted by molar-refractivity contribution is 5.62. The first-order valence-corrected chi connectivity index (χ1v) is 7.14. The Kier molecular flexibility index (Phi) is 4.06. The summed E-state index contributed by atoms with van der Waals surface area (Å²) in [6, 6.07) is 2.61. The van der Waals surface area contributed by atoms with Gasteiger partial charge in [-0.2, -0.15) is 26.3 Å². The van der Waals surface area contributed by atoms with E-state index in [0.717, 1.165) is 19.4 Å². The zero-order chi connectivity index (χ0) is 17.5. The number of aromatic nitrogens is 1. The Labute approximate surface area is 132 Å². The zero-order valence-electron chi connectivity index (χ0n) is 12.1. The molecule has 1 aliphatic heterocycles. The summed E-state index contributed by atoms with van der Waals surface area (Å²) in [6.45, 7) is 0.766. The van der Waals surface area contributed by atoms with Crippen LogP contribution in [-0.4, -0.2) is 11.7 Å². The highest BCUT2D eigenvalue weighted by atomic mass is 19.4. The van der Waals surface area contributed by atoms with Crippen LogP contribution in [0.2, 0.25) is 0 Å². The first kappa shape index (κ1) is 16.8. The van der Waals surface area contributed by atoms with E-state index < -0.39 is 23.5 Å². The molecule has 0 aliphatic carbocycles. The fourth-order valence-electron chi connectivity index (χ4n) is 2.62. The maximum Gasteiger partial charge on any atom is 0.416 e. The van der Waals surface area contributed by atoms with Gasteiger partial charge in [0.1, 0.15) is 5.69 Å². The van der Waals surface area contributed by atoms with Gasteiger partial charge in [0.25, 0.3) is 0 Å². The summed E-state index contributed by atoms with van der Waals surface area (Å²) >= 11 is 0. The van der Waals surface area contributed by atoms with Gasteiger partial charge in [-0.25, -0.2) is 0 Å². The fraction of sp³-hybridized carbons (Fsp3) is 0.400. The molecule has 9 heteroatoms. The summed E-state index contributed by atoms with van der Waals surface area (Å²) in [4.78, 5) is 0. The first-order chi connectivity index (χ1) is 11.1. The van der Waals surface area contributed by atoms with Crippen LogP contribution >= 0.6 is 0 Å². The highest BCUT2D eigenvalue weighted by Crippen LogP contribution is 2.39. The van der Waals surface area contributed by atoms with E-state index in [2.05, 4.69) is 10.5 Å². The largest absolute Gasteiger partial charge is 0.416 e. The van der Waals surface area contributed by atoms with E-state index in [-0.39, 0.29) is 23.4 Å². The van der Waals surface area contributed by atoms with Crippen molar-refractivity contribution >= 4 is 0 Å². The number of hydrogen-bond acceptors (Lipinski definition) is 3. The van der Waals surface area contributed by atoms with E-state index >= 15 is 0 Å². The van der Waals surface area contributed by atoms with Crippen LogP contribution in [0.3, 0.4) is 0 Å². The molecule has 1 saturated heterocycles. The third-order valence-electron chi connectivity index (χ3n) is 3.82. The van der Waals surface area contributed by atoms with Crippen LogP contribution in [0.4, 0.5) is 26.3 Å². The molecule has 0 bridgehead atoms. The Balaban J connectivity index is 2.03. The normalized spacial score (nSPS) is 19.0. The molecule has 130 valence electrons. The van der Waals surface area contributed by atoms with Crippen molar-refractivity contribution in [2.75, 3.05) is 6.54 Å². The number of hydrogen-bond donors (Lipinski definition) is 1. The van der Waals surface area contributed by atoms with Crippen molar-refractivity contribution < 1.29 is 30.9 Å². The van der Waals surface area contributed by atoms with Gasteiger partial charge >= 0.3 is 12.4 Å². The van der Waals surface area contributed by atoms with Gasteiger partial charge < -0.3 is 9.84 Å². The summed E-state index contributed by atoms with van der Waals surface area (Å²) in [5.41, 5.74) is -3.10. The smallest absolute Gasteiger partial charge is 0.359 e. The van der Waals surface area contributed by atoms with Crippen LogP contribution in [-0.2, 0) is 12.4 Å². The predicted octanol–water partition coefficient (Wildman–Crippen LogP) is 4.80. The summed E-state index contributed by atoms with van der Waals surface area (Å²) in [6.07, 6.45) is -8.11. The maximum absolute atomic E-state index is 12.9. The van der Waals surface area contributed by atoms with Crippen molar-refractivity contribution in [3.8, 4) is 11.3 Å². The van der Waals surface area contributed by atoms with Crippen LogP contribution in [0.5, 0.6) is 0 Å². The number of rotatable bonds is 2. The van der Waals surface area contributed by atoms with Crippen molar-refractivity contribution in [3.05, 3.63) is 41.2 Å². The molecule has 2 aromatic rings. The molecule has 0 amide bonds. The van der Waals surface area contributed by atoms with Gasteiger partial charge in [0.15, 0.2) is 5.76 Å². The molecule has 2 heterocycles. The minimum atomic E-state index is -4.89. The monoisotopic (exact) mass is 350 g/mol. The molecular weight excluding hydrogens is 338 g/mol. The van der Waals surface area contributed by atoms with Crippen LogP contribution < -0.4 is 5.32 Å². The Hall–Kier alpha value is -2.03. The second-order valence-corrected chi connectivity index (χ2v) is 5.56. The van der Waals surface area contributed by atoms with Gasteiger partial charge in [-0.1, -0.05) is 5.16 Å². The third-order valence-corrected chi connectivity index (χ3v) is 3.82. The van der Waals surface area contributed by atoms with Crippen molar-refractivity contribution in [1.82, 2.24) is 10.5 Å². The van der Waals surface area contributed by atoms with Crippen LogP contribution in [0.1, 0.15) is 35.8 Å². The van der Waals surface area contributed by atoms with Crippen molar-refractivity contribution in [1.29, 1.82) is 0 Å². The molecule has 1 atom stereocenters. The summed E-state index contributed by atoms with van der Waals surface area (Å²) < 4.78 is 82.4. The SMILES string of the molecule is FC(F)(F)c1cc(-c2cc(C3CCCN3)on2)cc(C(F)(F)F)c1. The molecule has 1 aliphatic rings. The summed E-state index contributed by atoms with van der Waals surface area (Å²) in [5, 5.41) is 6.74. The Morgan fingerprint density at radius 2 is 1.58 bits per heavy atom. The molecule has 1 N–H and O–H groups in total. The van der Waals surface area contributed by atoms with Gasteiger partial charge in [-0.15, -0.1) is 0 Å². The lowest BCUT2D eigenvalue weighted by molar-refractivity contribution is -0.143. The first-order valence-electron chi connectivity index (χ1n) is 7.14. The van der Waals surface area contributed by atoms with Gasteiger partial charge in [0, 0.05) is 11.6 Å². The van der Waals surface area contributed by atoms with Gasteiger partial charge in [-0.3, -0.25) is 0 Å². The Bertz CT molecular complexity index is 696. The molecular formula is C15H12F6N2O. The summed E-state index contributed by atoms with van der Waals surface area (Å²) in [5.74, 6) is 0.397. The van der Waals surface area contributed by atoms with E-state index in [1.165, 1.54) is 6.07 Å². The molecule has 0 spiro atoms. The number of nitrogens with one attached hydrogen (secondary N) is 1. The van der Waals surface area contributed by atoms with Crippen molar-refractivity contribution in [3.63, 3.8) is 0 Å². The maximum atomic E-state index is 12.9. The van der Waals surface area contributed by atoms with Gasteiger partial charge in [0.2, 0.25) is 0 Å². The average Bonchev–Trinajstić information content (AvgIpc) is 3.16. The number of benzene rings is 1. The van der Waals surface area contributed by atoms with Gasteiger partial charge in [-0.05, 0) is 37.6 Å². The van der Waals surface area contributed by atoms with E-state index in [4.69, 9.17) is 4.52 Å². The molecule has 0 radical (unpaired) electrons. The molecule has 1 unspecified atom stereocenters. The molecule has 3 rings (SSSR count). The average molecular weight is 350 g/mol. The topological polar surface area (TPSA) is 38.1 Å². The Morgan fingerprint density at radius 1 is 0.958 bits per heavy atom. The van der Waals surface area contributed by atoms with Crippen molar-refractivity contribution in [2.24, 2.45) is 0 Å². The molecule has 3 nitrogen and oxygen atoms in total. The minimum Gasteiger partial charge on any atom is -0.359 e. The van der Waals surface area contributed by atoms with Gasteiger partial charge in [0.05, 0.1) is 17.2 Å². The quantitative estimate of drug-likeness (QED) is 0.791. The second-order valence-electron chi connectivity index (χ2n) is 5.56. The van der Waals surface area contributed by atoms with E-state index in [1.807, 2.05) is 0 Å². The molecule has 24 heavy (non-hydrogen) atoms. The lowest BCUT2D eigenvalue weighted by Crippen LogP contribution is -2.11. The Morgan fingerprint density at radius 3 is 2.08 bits per heavy atom. The fourth-order valence-corrected chi connectivity index (χ4v) is 2.62. The number of nitrogens with zero attached hydrogens (tertiary/aromatic N) is 1. The number of halogens is 6. The molecule has 1 fully saturated rings. The van der Waals surface area contributed by atoms with E-state index in [9.17, 15) is 26.3 Å². The van der Waals surface area contributed by atoms with E-state index in [1.54, 1.807) is 0 Å². The number of alkyl halides is 6. The molecule has 1 aromatic carbocycles.